The molecule has 0 spiro atoms. The molecular formula is C20H22N4O2. The maximum atomic E-state index is 12.9. The number of aliphatic imine (C=N–C) groups is 1. The van der Waals surface area contributed by atoms with Crippen LogP contribution in [0.2, 0.25) is 0 Å². The van der Waals surface area contributed by atoms with E-state index in [2.05, 4.69) is 11.6 Å². The molecule has 0 fully saturated rings. The summed E-state index contributed by atoms with van der Waals surface area (Å²) in [6.07, 6.45) is 3.29. The molecular weight excluding hydrogens is 328 g/mol. The van der Waals surface area contributed by atoms with Gasteiger partial charge in [0.1, 0.15) is 0 Å². The number of likely N-dealkylation sites (N-methyl/N-ethyl adjacent to an activating group) is 1. The zero-order valence-corrected chi connectivity index (χ0v) is 15.3. The van der Waals surface area contributed by atoms with Gasteiger partial charge in [-0.1, -0.05) is 18.7 Å². The van der Waals surface area contributed by atoms with Gasteiger partial charge in [0, 0.05) is 48.2 Å². The molecule has 6 nitrogen and oxygen atoms in total. The van der Waals surface area contributed by atoms with E-state index in [1.54, 1.807) is 36.6 Å². The first-order chi connectivity index (χ1) is 12.5. The Balaban J connectivity index is 2.17. The van der Waals surface area contributed by atoms with Gasteiger partial charge in [0.15, 0.2) is 0 Å². The minimum Gasteiger partial charge on any atom is -0.308 e. The average molecular weight is 350 g/mol. The standard InChI is InChI=1S/C20H22N4O2/c1-5-23(13-21-2)17-10-9-16-18-14(17)7-6-8-15(18)19(25)24(20(16)26)12-11-22(3)4/h5-10,13H,1,11-12H2,2-4H3. The molecule has 0 N–H and O–H groups in total. The quantitative estimate of drug-likeness (QED) is 0.456. The van der Waals surface area contributed by atoms with Crippen molar-refractivity contribution >= 4 is 34.6 Å². The second-order valence-electron chi connectivity index (χ2n) is 6.39. The van der Waals surface area contributed by atoms with Crippen molar-refractivity contribution in [2.45, 2.75) is 0 Å². The van der Waals surface area contributed by atoms with Crippen LogP contribution in [0.1, 0.15) is 20.7 Å². The minimum absolute atomic E-state index is 0.249. The largest absolute Gasteiger partial charge is 0.308 e. The number of anilines is 1. The van der Waals surface area contributed by atoms with Crippen LogP contribution in [0.4, 0.5) is 5.69 Å². The number of carbonyl (C=O) groups excluding carboxylic acids is 2. The highest BCUT2D eigenvalue weighted by atomic mass is 16.2. The molecule has 1 heterocycles. The van der Waals surface area contributed by atoms with Gasteiger partial charge < -0.3 is 9.80 Å². The summed E-state index contributed by atoms with van der Waals surface area (Å²) in [6, 6.07) is 9.17. The summed E-state index contributed by atoms with van der Waals surface area (Å²) < 4.78 is 0. The molecule has 0 saturated heterocycles. The van der Waals surface area contributed by atoms with Crippen molar-refractivity contribution in [3.63, 3.8) is 0 Å². The molecule has 1 aliphatic rings. The van der Waals surface area contributed by atoms with Crippen LogP contribution in [-0.2, 0) is 0 Å². The van der Waals surface area contributed by atoms with E-state index in [0.717, 1.165) is 11.1 Å². The van der Waals surface area contributed by atoms with Crippen LogP contribution in [0.3, 0.4) is 0 Å². The van der Waals surface area contributed by atoms with Crippen LogP contribution in [-0.4, -0.2) is 62.2 Å². The third kappa shape index (κ3) is 2.88. The number of imide groups is 1. The maximum absolute atomic E-state index is 12.9. The summed E-state index contributed by atoms with van der Waals surface area (Å²) in [5.41, 5.74) is 1.93. The Hall–Kier alpha value is -2.99. The summed E-state index contributed by atoms with van der Waals surface area (Å²) in [5, 5.41) is 1.52. The molecule has 1 aliphatic heterocycles. The van der Waals surface area contributed by atoms with Gasteiger partial charge in [-0.25, -0.2) is 0 Å². The van der Waals surface area contributed by atoms with Crippen LogP contribution < -0.4 is 4.90 Å². The van der Waals surface area contributed by atoms with E-state index < -0.39 is 0 Å². The number of benzene rings is 2. The normalized spacial score (nSPS) is 13.9. The number of carbonyl (C=O) groups is 2. The van der Waals surface area contributed by atoms with Crippen molar-refractivity contribution in [2.75, 3.05) is 39.1 Å². The third-order valence-corrected chi connectivity index (χ3v) is 4.45. The Labute approximate surface area is 153 Å². The van der Waals surface area contributed by atoms with Crippen molar-refractivity contribution < 1.29 is 9.59 Å². The molecule has 2 amide bonds. The first kappa shape index (κ1) is 17.8. The molecule has 2 aromatic rings. The SMILES string of the molecule is C=CN(C=NC)c1ccc2c3c(cccc13)C(=O)N(CCN(C)C)C2=O. The first-order valence-corrected chi connectivity index (χ1v) is 8.39. The minimum atomic E-state index is -0.249. The summed E-state index contributed by atoms with van der Waals surface area (Å²) in [4.78, 5) is 34.9. The Morgan fingerprint density at radius 3 is 2.42 bits per heavy atom. The number of amides is 2. The Morgan fingerprint density at radius 1 is 1.12 bits per heavy atom. The van der Waals surface area contributed by atoms with E-state index in [1.165, 1.54) is 4.90 Å². The zero-order chi connectivity index (χ0) is 18.8. The van der Waals surface area contributed by atoms with E-state index >= 15 is 0 Å². The fourth-order valence-corrected chi connectivity index (χ4v) is 3.19. The van der Waals surface area contributed by atoms with Gasteiger partial charge in [0.25, 0.3) is 11.8 Å². The van der Waals surface area contributed by atoms with Gasteiger partial charge in [-0.2, -0.15) is 0 Å². The first-order valence-electron chi connectivity index (χ1n) is 8.39. The van der Waals surface area contributed by atoms with E-state index in [9.17, 15) is 9.59 Å². The molecule has 0 saturated carbocycles. The van der Waals surface area contributed by atoms with E-state index in [4.69, 9.17) is 0 Å². The lowest BCUT2D eigenvalue weighted by Crippen LogP contribution is -2.43. The third-order valence-electron chi connectivity index (χ3n) is 4.45. The van der Waals surface area contributed by atoms with E-state index in [0.29, 0.717) is 29.6 Å². The summed E-state index contributed by atoms with van der Waals surface area (Å²) in [5.74, 6) is -0.497. The molecule has 3 rings (SSSR count). The number of hydrogen-bond acceptors (Lipinski definition) is 4. The second-order valence-corrected chi connectivity index (χ2v) is 6.39. The van der Waals surface area contributed by atoms with Gasteiger partial charge in [-0.05, 0) is 32.3 Å². The predicted octanol–water partition coefficient (Wildman–Crippen LogP) is 2.61. The van der Waals surface area contributed by atoms with Crippen LogP contribution in [0, 0.1) is 0 Å². The highest BCUT2D eigenvalue weighted by Gasteiger charge is 2.33. The van der Waals surface area contributed by atoms with E-state index in [-0.39, 0.29) is 11.8 Å². The lowest BCUT2D eigenvalue weighted by atomic mass is 9.92. The monoisotopic (exact) mass is 350 g/mol. The smallest absolute Gasteiger partial charge is 0.261 e. The average Bonchev–Trinajstić information content (AvgIpc) is 2.63. The van der Waals surface area contributed by atoms with Crippen LogP contribution in [0.15, 0.2) is 48.1 Å². The number of hydrogen-bond donors (Lipinski definition) is 0. The summed E-state index contributed by atoms with van der Waals surface area (Å²) in [7, 11) is 5.51. The molecule has 0 unspecified atom stereocenters. The number of rotatable bonds is 6. The van der Waals surface area contributed by atoms with Crippen molar-refractivity contribution in [1.82, 2.24) is 9.80 Å². The van der Waals surface area contributed by atoms with E-state index in [1.807, 2.05) is 37.2 Å². The second kappa shape index (κ2) is 7.09. The Kier molecular flexibility index (Phi) is 4.86. The van der Waals surface area contributed by atoms with Gasteiger partial charge in [0.2, 0.25) is 0 Å². The molecule has 6 heteroatoms. The molecule has 0 aliphatic carbocycles. The van der Waals surface area contributed by atoms with Crippen molar-refractivity contribution in [3.8, 4) is 0 Å². The zero-order valence-electron chi connectivity index (χ0n) is 15.3. The molecule has 0 bridgehead atoms. The highest BCUT2D eigenvalue weighted by molar-refractivity contribution is 6.27. The fourth-order valence-electron chi connectivity index (χ4n) is 3.19. The van der Waals surface area contributed by atoms with Gasteiger partial charge in [-0.3, -0.25) is 19.5 Å². The number of nitrogens with zero attached hydrogens (tertiary/aromatic N) is 4. The van der Waals surface area contributed by atoms with Gasteiger partial charge in [0.05, 0.1) is 12.0 Å². The van der Waals surface area contributed by atoms with Crippen LogP contribution in [0.5, 0.6) is 0 Å². The Morgan fingerprint density at radius 2 is 1.81 bits per heavy atom. The van der Waals surface area contributed by atoms with Crippen LogP contribution in [0.25, 0.3) is 10.8 Å². The lowest BCUT2D eigenvalue weighted by molar-refractivity contribution is 0.0601. The highest BCUT2D eigenvalue weighted by Crippen LogP contribution is 2.35. The van der Waals surface area contributed by atoms with Crippen molar-refractivity contribution in [1.29, 1.82) is 0 Å². The molecule has 0 aromatic heterocycles. The van der Waals surface area contributed by atoms with Gasteiger partial charge in [-0.15, -0.1) is 0 Å². The summed E-state index contributed by atoms with van der Waals surface area (Å²) >= 11 is 0. The van der Waals surface area contributed by atoms with Crippen molar-refractivity contribution in [2.24, 2.45) is 4.99 Å². The van der Waals surface area contributed by atoms with Crippen LogP contribution >= 0.6 is 0 Å². The topological polar surface area (TPSA) is 56.2 Å². The lowest BCUT2D eigenvalue weighted by Gasteiger charge is -2.29. The van der Waals surface area contributed by atoms with Crippen molar-refractivity contribution in [3.05, 3.63) is 54.2 Å². The predicted molar refractivity (Wildman–Crippen MR) is 105 cm³/mol. The molecule has 2 aromatic carbocycles. The Bertz CT molecular complexity index is 895. The maximum Gasteiger partial charge on any atom is 0.261 e. The fraction of sp³-hybridized carbons (Fsp3) is 0.250. The van der Waals surface area contributed by atoms with Gasteiger partial charge >= 0.3 is 0 Å². The molecule has 134 valence electrons. The summed E-state index contributed by atoms with van der Waals surface area (Å²) in [6.45, 7) is 4.80. The molecule has 26 heavy (non-hydrogen) atoms. The molecule has 0 radical (unpaired) electrons. The molecule has 0 atom stereocenters.